The summed E-state index contributed by atoms with van der Waals surface area (Å²) in [6.07, 6.45) is 4.99. The zero-order valence-electron chi connectivity index (χ0n) is 12.7. The van der Waals surface area contributed by atoms with Gasteiger partial charge in [-0.05, 0) is 42.7 Å². The Morgan fingerprint density at radius 3 is 2.57 bits per heavy atom. The van der Waals surface area contributed by atoms with Gasteiger partial charge in [0.05, 0.1) is 13.2 Å². The molecule has 2 aliphatic rings. The fourth-order valence-electron chi connectivity index (χ4n) is 2.95. The number of nitrogens with zero attached hydrogens (tertiary/aromatic N) is 1. The second kappa shape index (κ2) is 7.67. The number of amides is 1. The van der Waals surface area contributed by atoms with Crippen LogP contribution in [0, 0.1) is 5.92 Å². The van der Waals surface area contributed by atoms with Crippen molar-refractivity contribution in [3.63, 3.8) is 0 Å². The van der Waals surface area contributed by atoms with E-state index < -0.39 is 0 Å². The van der Waals surface area contributed by atoms with Crippen molar-refractivity contribution >= 4 is 35.2 Å². The fourth-order valence-corrected chi connectivity index (χ4v) is 3.31. The lowest BCUT2D eigenvalue weighted by Crippen LogP contribution is -2.40. The lowest BCUT2D eigenvalue weighted by atomic mass is 9.96. The Labute approximate surface area is 145 Å². The molecule has 0 N–H and O–H groups in total. The Balaban J connectivity index is 1.55. The molecule has 2 aliphatic heterocycles. The number of carbonyl (C=O) groups is 1. The monoisotopic (exact) mass is 355 g/mol. The molecular weight excluding hydrogens is 337 g/mol. The lowest BCUT2D eigenvalue weighted by Gasteiger charge is -2.33. The molecule has 0 aromatic heterocycles. The van der Waals surface area contributed by atoms with Crippen LogP contribution in [-0.2, 0) is 14.3 Å². The Hall–Kier alpha value is -1.07. The largest absolute Gasteiger partial charge is 0.350 e. The summed E-state index contributed by atoms with van der Waals surface area (Å²) in [6, 6.07) is 5.19. The highest BCUT2D eigenvalue weighted by Crippen LogP contribution is 2.26. The summed E-state index contributed by atoms with van der Waals surface area (Å²) >= 11 is 12.0. The van der Waals surface area contributed by atoms with Crippen LogP contribution in [0.1, 0.15) is 18.4 Å². The molecule has 1 aromatic rings. The molecule has 0 radical (unpaired) electrons. The normalized spacial score (nSPS) is 20.5. The van der Waals surface area contributed by atoms with E-state index in [0.29, 0.717) is 29.2 Å². The van der Waals surface area contributed by atoms with Gasteiger partial charge in [-0.3, -0.25) is 4.79 Å². The summed E-state index contributed by atoms with van der Waals surface area (Å²) in [6.45, 7) is 2.79. The van der Waals surface area contributed by atoms with E-state index in [1.165, 1.54) is 0 Å². The van der Waals surface area contributed by atoms with Crippen LogP contribution in [0.4, 0.5) is 0 Å². The number of ether oxygens (including phenoxy) is 2. The van der Waals surface area contributed by atoms with E-state index in [-0.39, 0.29) is 12.2 Å². The van der Waals surface area contributed by atoms with Gasteiger partial charge in [0.15, 0.2) is 6.29 Å². The summed E-state index contributed by atoms with van der Waals surface area (Å²) in [7, 11) is 0. The second-order valence-corrected chi connectivity index (χ2v) is 6.62. The van der Waals surface area contributed by atoms with E-state index in [1.54, 1.807) is 30.4 Å². The molecule has 2 saturated heterocycles. The number of hydrogen-bond acceptors (Lipinski definition) is 3. The highest BCUT2D eigenvalue weighted by atomic mass is 35.5. The van der Waals surface area contributed by atoms with Gasteiger partial charge in [-0.2, -0.15) is 0 Å². The molecule has 3 rings (SSSR count). The predicted octanol–water partition coefficient (Wildman–Crippen LogP) is 3.62. The molecule has 0 unspecified atom stereocenters. The minimum absolute atomic E-state index is 0.00671. The summed E-state index contributed by atoms with van der Waals surface area (Å²) < 4.78 is 11.1. The molecule has 23 heavy (non-hydrogen) atoms. The zero-order chi connectivity index (χ0) is 16.2. The van der Waals surface area contributed by atoms with Crippen molar-refractivity contribution in [2.24, 2.45) is 5.92 Å². The third kappa shape index (κ3) is 4.27. The number of hydrogen-bond donors (Lipinski definition) is 0. The van der Waals surface area contributed by atoms with Crippen LogP contribution in [0.15, 0.2) is 24.3 Å². The number of halogens is 2. The molecule has 4 nitrogen and oxygen atoms in total. The Kier molecular flexibility index (Phi) is 5.59. The molecule has 2 fully saturated rings. The maximum atomic E-state index is 12.3. The van der Waals surface area contributed by atoms with Gasteiger partial charge in [0.2, 0.25) is 5.91 Å². The quantitative estimate of drug-likeness (QED) is 0.777. The molecule has 1 amide bonds. The molecule has 0 aliphatic carbocycles. The van der Waals surface area contributed by atoms with Crippen molar-refractivity contribution in [1.29, 1.82) is 0 Å². The van der Waals surface area contributed by atoms with Crippen LogP contribution in [0.5, 0.6) is 0 Å². The van der Waals surface area contributed by atoms with E-state index in [4.69, 9.17) is 32.7 Å². The Morgan fingerprint density at radius 2 is 1.87 bits per heavy atom. The van der Waals surface area contributed by atoms with Crippen LogP contribution >= 0.6 is 23.2 Å². The van der Waals surface area contributed by atoms with Crippen molar-refractivity contribution in [3.8, 4) is 0 Å². The summed E-state index contributed by atoms with van der Waals surface area (Å²) in [5.41, 5.74) is 0.746. The second-order valence-electron chi connectivity index (χ2n) is 5.77. The third-order valence-corrected chi connectivity index (χ3v) is 4.83. The first-order valence-corrected chi connectivity index (χ1v) is 8.54. The standard InChI is InChI=1S/C17H19Cl2NO3/c18-14-2-3-15(19)13(11-14)1-4-16(21)20-7-5-12(6-8-20)17-22-9-10-23-17/h1-4,11-12,17H,5-10H2/b4-1+. The smallest absolute Gasteiger partial charge is 0.246 e. The van der Waals surface area contributed by atoms with Crippen molar-refractivity contribution in [2.75, 3.05) is 26.3 Å². The zero-order valence-corrected chi connectivity index (χ0v) is 14.2. The maximum absolute atomic E-state index is 12.3. The highest BCUT2D eigenvalue weighted by molar-refractivity contribution is 6.34. The third-order valence-electron chi connectivity index (χ3n) is 4.25. The van der Waals surface area contributed by atoms with Gasteiger partial charge in [0, 0.05) is 35.1 Å². The van der Waals surface area contributed by atoms with Gasteiger partial charge in [0.1, 0.15) is 0 Å². The topological polar surface area (TPSA) is 38.8 Å². The summed E-state index contributed by atoms with van der Waals surface area (Å²) in [5.74, 6) is 0.376. The lowest BCUT2D eigenvalue weighted by molar-refractivity contribution is -0.131. The van der Waals surface area contributed by atoms with Gasteiger partial charge in [0.25, 0.3) is 0 Å². The minimum atomic E-state index is -0.0898. The van der Waals surface area contributed by atoms with Crippen LogP contribution in [0.25, 0.3) is 6.08 Å². The SMILES string of the molecule is O=C(/C=C/c1cc(Cl)ccc1Cl)N1CCC(C2OCCO2)CC1. The number of likely N-dealkylation sites (tertiary alicyclic amines) is 1. The van der Waals surface area contributed by atoms with E-state index >= 15 is 0 Å². The van der Waals surface area contributed by atoms with Gasteiger partial charge in [-0.25, -0.2) is 0 Å². The summed E-state index contributed by atoms with van der Waals surface area (Å²) in [4.78, 5) is 14.1. The Bertz CT molecular complexity index is 592. The molecule has 2 heterocycles. The molecule has 0 atom stereocenters. The molecule has 0 bridgehead atoms. The van der Waals surface area contributed by atoms with Crippen molar-refractivity contribution in [3.05, 3.63) is 39.9 Å². The van der Waals surface area contributed by atoms with Crippen LogP contribution in [-0.4, -0.2) is 43.4 Å². The van der Waals surface area contributed by atoms with Crippen LogP contribution < -0.4 is 0 Å². The van der Waals surface area contributed by atoms with Gasteiger partial charge < -0.3 is 14.4 Å². The number of rotatable bonds is 3. The first kappa shape index (κ1) is 16.8. The van der Waals surface area contributed by atoms with E-state index in [0.717, 1.165) is 31.5 Å². The molecule has 0 saturated carbocycles. The number of piperidine rings is 1. The first-order chi connectivity index (χ1) is 11.1. The average Bonchev–Trinajstić information content (AvgIpc) is 3.10. The predicted molar refractivity (Wildman–Crippen MR) is 90.5 cm³/mol. The average molecular weight is 356 g/mol. The van der Waals surface area contributed by atoms with Gasteiger partial charge >= 0.3 is 0 Å². The van der Waals surface area contributed by atoms with Gasteiger partial charge in [-0.15, -0.1) is 0 Å². The molecular formula is C17H19Cl2NO3. The molecule has 124 valence electrons. The minimum Gasteiger partial charge on any atom is -0.350 e. The molecule has 0 spiro atoms. The van der Waals surface area contributed by atoms with Gasteiger partial charge in [-0.1, -0.05) is 23.2 Å². The molecule has 1 aromatic carbocycles. The Morgan fingerprint density at radius 1 is 1.17 bits per heavy atom. The highest BCUT2D eigenvalue weighted by Gasteiger charge is 2.31. The van der Waals surface area contributed by atoms with Crippen LogP contribution in [0.3, 0.4) is 0 Å². The fraction of sp³-hybridized carbons (Fsp3) is 0.471. The maximum Gasteiger partial charge on any atom is 0.246 e. The molecule has 6 heteroatoms. The van der Waals surface area contributed by atoms with Crippen molar-refractivity contribution in [1.82, 2.24) is 4.90 Å². The number of benzene rings is 1. The van der Waals surface area contributed by atoms with E-state index in [2.05, 4.69) is 0 Å². The van der Waals surface area contributed by atoms with Crippen LogP contribution in [0.2, 0.25) is 10.0 Å². The van der Waals surface area contributed by atoms with Crippen molar-refractivity contribution < 1.29 is 14.3 Å². The summed E-state index contributed by atoms with van der Waals surface area (Å²) in [5, 5.41) is 1.17. The van der Waals surface area contributed by atoms with Crippen molar-refractivity contribution in [2.45, 2.75) is 19.1 Å². The number of carbonyl (C=O) groups excluding carboxylic acids is 1. The first-order valence-electron chi connectivity index (χ1n) is 7.79. The van der Waals surface area contributed by atoms with E-state index in [1.807, 2.05) is 4.90 Å². The van der Waals surface area contributed by atoms with E-state index in [9.17, 15) is 4.79 Å².